The summed E-state index contributed by atoms with van der Waals surface area (Å²) >= 11 is 22.7. The Kier molecular flexibility index (Phi) is 4.85. The van der Waals surface area contributed by atoms with Gasteiger partial charge in [-0.1, -0.05) is 0 Å². The van der Waals surface area contributed by atoms with Gasteiger partial charge in [-0.3, -0.25) is 0 Å². The molecule has 0 saturated carbocycles. The first-order valence-electron chi connectivity index (χ1n) is 2.21. The summed E-state index contributed by atoms with van der Waals surface area (Å²) in [6.07, 6.45) is 0. The second kappa shape index (κ2) is 4.33. The van der Waals surface area contributed by atoms with E-state index in [0.717, 1.165) is 0 Å². The molecule has 0 amide bonds. The van der Waals surface area contributed by atoms with E-state index in [1.807, 2.05) is 0 Å². The average Bonchev–Trinajstić information content (AvgIpc) is 1.44. The lowest BCUT2D eigenvalue weighted by molar-refractivity contribution is 1.82. The quantitative estimate of drug-likeness (QED) is 0.265. The SMILES string of the molecule is ClP1(Br)=NP(Br)(Br)=NP(Br)(Br)=N1. The molecule has 0 N–H and O–H groups in total. The lowest BCUT2D eigenvalue weighted by atomic mass is 13.8. The fraction of sp³-hybridized carbons (Fsp3) is 0. The minimum absolute atomic E-state index is 1.97. The van der Waals surface area contributed by atoms with Gasteiger partial charge in [0.25, 0.3) is 0 Å². The largest absolute Gasteiger partial charge is 0.231 e. The van der Waals surface area contributed by atoms with E-state index in [1.165, 1.54) is 0 Å². The van der Waals surface area contributed by atoms with Gasteiger partial charge in [-0.05, 0) is 73.2 Å². The van der Waals surface area contributed by atoms with Gasteiger partial charge in [-0.2, -0.15) is 13.5 Å². The third kappa shape index (κ3) is 4.49. The molecule has 0 aromatic rings. The van der Waals surface area contributed by atoms with Crippen molar-refractivity contribution in [1.29, 1.82) is 0 Å². The molecule has 0 saturated heterocycles. The van der Waals surface area contributed by atoms with E-state index in [2.05, 4.69) is 91.0 Å². The van der Waals surface area contributed by atoms with Gasteiger partial charge >= 0.3 is 0 Å². The second-order valence-electron chi connectivity index (χ2n) is 1.64. The van der Waals surface area contributed by atoms with Crippen molar-refractivity contribution in [3.8, 4) is 0 Å². The Labute approximate surface area is 115 Å². The first kappa shape index (κ1) is 13.4. The number of hydrogen-bond acceptors (Lipinski definition) is 3. The molecule has 1 atom stereocenters. The zero-order valence-corrected chi connectivity index (χ0v) is 16.3. The summed E-state index contributed by atoms with van der Waals surface area (Å²) in [6, 6.07) is 0. The van der Waals surface area contributed by atoms with Gasteiger partial charge in [0.15, 0.2) is 0 Å². The molecule has 12 heavy (non-hydrogen) atoms. The van der Waals surface area contributed by atoms with Crippen LogP contribution in [0.3, 0.4) is 0 Å². The van der Waals surface area contributed by atoms with Crippen molar-refractivity contribution >= 4 is 103 Å². The Morgan fingerprint density at radius 1 is 0.750 bits per heavy atom. The first-order valence-corrected chi connectivity index (χ1v) is 18.3. The third-order valence-corrected chi connectivity index (χ3v) is 19.8. The van der Waals surface area contributed by atoms with Crippen LogP contribution in [0.4, 0.5) is 0 Å². The highest BCUT2D eigenvalue weighted by atomic mass is 79.9. The zero-order chi connectivity index (χ0) is 9.62. The van der Waals surface area contributed by atoms with Gasteiger partial charge in [-0.15, -0.1) is 0 Å². The first-order chi connectivity index (χ1) is 5.12. The van der Waals surface area contributed by atoms with E-state index in [1.54, 1.807) is 0 Å². The lowest BCUT2D eigenvalue weighted by Crippen LogP contribution is -1.60. The van der Waals surface area contributed by atoms with Crippen molar-refractivity contribution in [3.05, 3.63) is 0 Å². The molecule has 1 rings (SSSR count). The van der Waals surface area contributed by atoms with Crippen LogP contribution in [0.1, 0.15) is 0 Å². The van der Waals surface area contributed by atoms with Crippen LogP contribution in [0, 0.1) is 0 Å². The molecular formula is Br5ClN3P3. The average molecular weight is 570 g/mol. The van der Waals surface area contributed by atoms with Crippen molar-refractivity contribution in [2.75, 3.05) is 0 Å². The van der Waals surface area contributed by atoms with Crippen molar-refractivity contribution in [2.45, 2.75) is 0 Å². The van der Waals surface area contributed by atoms with Crippen LogP contribution in [0.25, 0.3) is 0 Å². The maximum Gasteiger partial charge on any atom is 0.231 e. The molecule has 0 aromatic carbocycles. The number of nitrogens with zero attached hydrogens (tertiary/aromatic N) is 3. The Bertz CT molecular complexity index is 279. The van der Waals surface area contributed by atoms with Gasteiger partial charge in [0, 0.05) is 15.5 Å². The van der Waals surface area contributed by atoms with E-state index in [0.29, 0.717) is 0 Å². The summed E-state index contributed by atoms with van der Waals surface area (Å²) in [4.78, 5) is 0. The van der Waals surface area contributed by atoms with Crippen molar-refractivity contribution in [1.82, 2.24) is 0 Å². The topological polar surface area (TPSA) is 37.1 Å². The minimum Gasteiger partial charge on any atom is -0.200 e. The van der Waals surface area contributed by atoms with Crippen LogP contribution in [-0.4, -0.2) is 0 Å². The molecule has 0 aliphatic carbocycles. The van der Waals surface area contributed by atoms with E-state index in [9.17, 15) is 0 Å². The summed E-state index contributed by atoms with van der Waals surface area (Å²) in [7, 11) is 0. The van der Waals surface area contributed by atoms with Crippen molar-refractivity contribution in [2.24, 2.45) is 13.5 Å². The van der Waals surface area contributed by atoms with Crippen LogP contribution in [0.2, 0.25) is 0 Å². The number of halogens is 6. The molecule has 3 nitrogen and oxygen atoms in total. The van der Waals surface area contributed by atoms with E-state index in [-0.39, 0.29) is 0 Å². The highest BCUT2D eigenvalue weighted by Gasteiger charge is 2.28. The van der Waals surface area contributed by atoms with Crippen LogP contribution in [0.5, 0.6) is 0 Å². The predicted molar refractivity (Wildman–Crippen MR) is 78.5 cm³/mol. The van der Waals surface area contributed by atoms with Gasteiger partial charge in [0.1, 0.15) is 0 Å². The second-order valence-corrected chi connectivity index (χ2v) is 29.7. The van der Waals surface area contributed by atoms with E-state index >= 15 is 0 Å². The summed E-state index contributed by atoms with van der Waals surface area (Å²) in [6.45, 7) is 0. The number of rotatable bonds is 0. The molecular weight excluding hydrogens is 570 g/mol. The van der Waals surface area contributed by atoms with Gasteiger partial charge in [0.2, 0.25) is 14.5 Å². The van der Waals surface area contributed by atoms with E-state index in [4.69, 9.17) is 11.2 Å². The standard InChI is InChI=1S/Br5ClN3P3/c1-10(2)7-11(3,4)9-12(5,6)8-10. The Morgan fingerprint density at radius 2 is 1.17 bits per heavy atom. The molecule has 0 fully saturated rings. The highest BCUT2D eigenvalue weighted by Crippen LogP contribution is 2.91. The predicted octanol–water partition coefficient (Wildman–Crippen LogP) is 8.05. The maximum atomic E-state index is 6.01. The number of hydrogen-bond donors (Lipinski definition) is 0. The summed E-state index contributed by atoms with van der Waals surface area (Å²) in [5.74, 6) is 0. The van der Waals surface area contributed by atoms with Crippen LogP contribution in [0.15, 0.2) is 13.5 Å². The van der Waals surface area contributed by atoms with Crippen molar-refractivity contribution in [3.63, 3.8) is 0 Å². The third-order valence-electron chi connectivity index (χ3n) is 0.646. The molecule has 1 aliphatic heterocycles. The smallest absolute Gasteiger partial charge is 0.200 e. The fourth-order valence-electron chi connectivity index (χ4n) is 0.442. The summed E-state index contributed by atoms with van der Waals surface area (Å²) < 4.78 is 8.80. The normalized spacial score (nSPS) is 37.5. The Hall–Kier alpha value is 3.38. The summed E-state index contributed by atoms with van der Waals surface area (Å²) in [5, 5.41) is -2.23. The molecule has 0 bridgehead atoms. The van der Waals surface area contributed by atoms with Crippen molar-refractivity contribution < 1.29 is 0 Å². The molecule has 12 heteroatoms. The maximum absolute atomic E-state index is 6.01. The molecule has 1 aliphatic rings. The van der Waals surface area contributed by atoms with Crippen LogP contribution >= 0.6 is 103 Å². The Morgan fingerprint density at radius 3 is 1.50 bits per heavy atom. The van der Waals surface area contributed by atoms with Crippen LogP contribution < -0.4 is 0 Å². The molecule has 72 valence electrons. The summed E-state index contributed by atoms with van der Waals surface area (Å²) in [5.41, 5.74) is 0. The Balaban J connectivity index is 3.46. The molecule has 0 radical (unpaired) electrons. The molecule has 0 aromatic heterocycles. The fourth-order valence-corrected chi connectivity index (χ4v) is 41.8. The highest BCUT2D eigenvalue weighted by molar-refractivity contribution is 9.74. The van der Waals surface area contributed by atoms with Crippen LogP contribution in [-0.2, 0) is 0 Å². The zero-order valence-electron chi connectivity index (χ0n) is 4.95. The monoisotopic (exact) mass is 564 g/mol. The molecule has 1 heterocycles. The lowest BCUT2D eigenvalue weighted by Gasteiger charge is -2.18. The minimum atomic E-state index is -2.23. The molecule has 1 unspecified atom stereocenters. The van der Waals surface area contributed by atoms with E-state index < -0.39 is 14.5 Å². The van der Waals surface area contributed by atoms with Gasteiger partial charge in [-0.25, -0.2) is 0 Å². The molecule has 0 spiro atoms. The van der Waals surface area contributed by atoms with Gasteiger partial charge < -0.3 is 0 Å². The van der Waals surface area contributed by atoms with Gasteiger partial charge in [0.05, 0.1) is 0 Å².